The molecule has 2 heterocycles. The van der Waals surface area contributed by atoms with Crippen LogP contribution in [0.2, 0.25) is 0 Å². The van der Waals surface area contributed by atoms with Gasteiger partial charge in [0.15, 0.2) is 5.82 Å². The summed E-state index contributed by atoms with van der Waals surface area (Å²) in [5.41, 5.74) is 0. The second-order valence-corrected chi connectivity index (χ2v) is 4.73. The van der Waals surface area contributed by atoms with Crippen molar-refractivity contribution in [2.45, 2.75) is 45.5 Å². The number of morpholine rings is 1. The summed E-state index contributed by atoms with van der Waals surface area (Å²) >= 11 is 0. The number of ether oxygens (including phenoxy) is 1. The molecule has 1 aliphatic rings. The Morgan fingerprint density at radius 3 is 3.06 bits per heavy atom. The fraction of sp³-hybridized carbons (Fsp3) is 0.909. The summed E-state index contributed by atoms with van der Waals surface area (Å²) in [4.78, 5) is 2.25. The van der Waals surface area contributed by atoms with Gasteiger partial charge in [0.25, 0.3) is 0 Å². The molecule has 0 aliphatic carbocycles. The molecule has 0 radical (unpaired) electrons. The van der Waals surface area contributed by atoms with Gasteiger partial charge < -0.3 is 9.84 Å². The van der Waals surface area contributed by atoms with Gasteiger partial charge >= 0.3 is 0 Å². The first-order valence-electron chi connectivity index (χ1n) is 6.46. The average molecular weight is 255 g/mol. The van der Waals surface area contributed by atoms with Crippen LogP contribution in [0.4, 0.5) is 0 Å². The van der Waals surface area contributed by atoms with Crippen LogP contribution in [0.25, 0.3) is 0 Å². The van der Waals surface area contributed by atoms with E-state index in [1.54, 1.807) is 0 Å². The Hall–Kier alpha value is -1.05. The number of aliphatic hydroxyl groups is 1. The second kappa shape index (κ2) is 6.21. The van der Waals surface area contributed by atoms with Crippen molar-refractivity contribution >= 4 is 0 Å². The standard InChI is InChI=1S/C11H21N5O2/c1-3-4-16-11(12-13-14-16)6-15-5-10(7-17)18-8-9(15)2/h9-10,17H,3-8H2,1-2H3. The fourth-order valence-electron chi connectivity index (χ4n) is 2.11. The first-order chi connectivity index (χ1) is 8.74. The molecule has 2 unspecified atom stereocenters. The summed E-state index contributed by atoms with van der Waals surface area (Å²) in [6.07, 6.45) is 0.910. The molecule has 2 atom stereocenters. The van der Waals surface area contributed by atoms with Crippen LogP contribution in [-0.2, 0) is 17.8 Å². The highest BCUT2D eigenvalue weighted by atomic mass is 16.5. The van der Waals surface area contributed by atoms with Crippen molar-refractivity contribution in [2.75, 3.05) is 19.8 Å². The van der Waals surface area contributed by atoms with Gasteiger partial charge in [-0.05, 0) is 23.8 Å². The summed E-state index contributed by atoms with van der Waals surface area (Å²) in [6.45, 7) is 7.17. The third-order valence-electron chi connectivity index (χ3n) is 3.22. The third-order valence-corrected chi connectivity index (χ3v) is 3.22. The zero-order chi connectivity index (χ0) is 13.0. The van der Waals surface area contributed by atoms with Crippen molar-refractivity contribution in [1.29, 1.82) is 0 Å². The lowest BCUT2D eigenvalue weighted by molar-refractivity contribution is -0.0815. The Labute approximate surface area is 107 Å². The van der Waals surface area contributed by atoms with Crippen molar-refractivity contribution < 1.29 is 9.84 Å². The molecule has 1 aliphatic heterocycles. The van der Waals surface area contributed by atoms with E-state index in [0.717, 1.165) is 25.3 Å². The van der Waals surface area contributed by atoms with E-state index in [0.29, 0.717) is 19.2 Å². The van der Waals surface area contributed by atoms with Crippen LogP contribution in [0.1, 0.15) is 26.1 Å². The molecule has 0 bridgehead atoms. The minimum atomic E-state index is -0.100. The fourth-order valence-corrected chi connectivity index (χ4v) is 2.11. The highest BCUT2D eigenvalue weighted by Crippen LogP contribution is 2.14. The van der Waals surface area contributed by atoms with Crippen molar-refractivity contribution in [3.8, 4) is 0 Å². The van der Waals surface area contributed by atoms with E-state index >= 15 is 0 Å². The zero-order valence-corrected chi connectivity index (χ0v) is 11.0. The largest absolute Gasteiger partial charge is 0.394 e. The molecule has 0 saturated carbocycles. The van der Waals surface area contributed by atoms with Crippen molar-refractivity contribution in [3.05, 3.63) is 5.82 Å². The molecular formula is C11H21N5O2. The molecule has 1 saturated heterocycles. The molecule has 2 rings (SSSR count). The van der Waals surface area contributed by atoms with Gasteiger partial charge in [0, 0.05) is 19.1 Å². The predicted molar refractivity (Wildman–Crippen MR) is 64.8 cm³/mol. The number of tetrazole rings is 1. The summed E-state index contributed by atoms with van der Waals surface area (Å²) < 4.78 is 7.36. The van der Waals surface area contributed by atoms with Gasteiger partial charge in [0.2, 0.25) is 0 Å². The van der Waals surface area contributed by atoms with Crippen molar-refractivity contribution in [3.63, 3.8) is 0 Å². The number of hydrogen-bond acceptors (Lipinski definition) is 6. The predicted octanol–water partition coefficient (Wildman–Crippen LogP) is -0.335. The normalized spacial score (nSPS) is 25.5. The third kappa shape index (κ3) is 3.04. The van der Waals surface area contributed by atoms with Gasteiger partial charge in [-0.2, -0.15) is 0 Å². The average Bonchev–Trinajstić information content (AvgIpc) is 2.80. The Bertz CT molecular complexity index is 370. The monoisotopic (exact) mass is 255 g/mol. The number of nitrogens with zero attached hydrogens (tertiary/aromatic N) is 5. The van der Waals surface area contributed by atoms with Crippen LogP contribution >= 0.6 is 0 Å². The molecule has 1 fully saturated rings. The molecule has 0 spiro atoms. The van der Waals surface area contributed by atoms with Crippen molar-refractivity contribution in [1.82, 2.24) is 25.1 Å². The molecule has 7 nitrogen and oxygen atoms in total. The maximum absolute atomic E-state index is 9.16. The molecule has 102 valence electrons. The molecule has 1 aromatic heterocycles. The smallest absolute Gasteiger partial charge is 0.165 e. The van der Waals surface area contributed by atoms with E-state index in [9.17, 15) is 0 Å². The molecule has 0 amide bonds. The van der Waals surface area contributed by atoms with E-state index in [-0.39, 0.29) is 12.7 Å². The molecule has 0 aromatic carbocycles. The minimum absolute atomic E-state index is 0.0587. The van der Waals surface area contributed by atoms with Gasteiger partial charge in [-0.3, -0.25) is 4.90 Å². The Balaban J connectivity index is 2.00. The van der Waals surface area contributed by atoms with Crippen LogP contribution in [0.3, 0.4) is 0 Å². The van der Waals surface area contributed by atoms with E-state index in [2.05, 4.69) is 34.3 Å². The summed E-state index contributed by atoms with van der Waals surface area (Å²) in [6, 6.07) is 0.319. The first kappa shape index (κ1) is 13.4. The number of aliphatic hydroxyl groups excluding tert-OH is 1. The van der Waals surface area contributed by atoms with E-state index in [1.165, 1.54) is 0 Å². The summed E-state index contributed by atoms with van der Waals surface area (Å²) in [5, 5.41) is 20.9. The summed E-state index contributed by atoms with van der Waals surface area (Å²) in [5.74, 6) is 0.877. The van der Waals surface area contributed by atoms with Crippen LogP contribution in [-0.4, -0.2) is 62.1 Å². The molecule has 1 aromatic rings. The van der Waals surface area contributed by atoms with E-state index in [4.69, 9.17) is 9.84 Å². The lowest BCUT2D eigenvalue weighted by Crippen LogP contribution is -2.49. The van der Waals surface area contributed by atoms with Crippen molar-refractivity contribution in [2.24, 2.45) is 0 Å². The molecular weight excluding hydrogens is 234 g/mol. The Kier molecular flexibility index (Phi) is 4.62. The van der Waals surface area contributed by atoms with Gasteiger partial charge in [-0.1, -0.05) is 6.92 Å². The minimum Gasteiger partial charge on any atom is -0.394 e. The maximum atomic E-state index is 9.16. The highest BCUT2D eigenvalue weighted by Gasteiger charge is 2.26. The first-order valence-corrected chi connectivity index (χ1v) is 6.46. The maximum Gasteiger partial charge on any atom is 0.165 e. The second-order valence-electron chi connectivity index (χ2n) is 4.73. The topological polar surface area (TPSA) is 76.3 Å². The Morgan fingerprint density at radius 1 is 1.50 bits per heavy atom. The number of rotatable bonds is 5. The van der Waals surface area contributed by atoms with Gasteiger partial charge in [0.1, 0.15) is 0 Å². The van der Waals surface area contributed by atoms with Crippen LogP contribution in [0.5, 0.6) is 0 Å². The van der Waals surface area contributed by atoms with Crippen LogP contribution in [0.15, 0.2) is 0 Å². The highest BCUT2D eigenvalue weighted by molar-refractivity contribution is 4.86. The van der Waals surface area contributed by atoms with E-state index < -0.39 is 0 Å². The molecule has 7 heteroatoms. The zero-order valence-electron chi connectivity index (χ0n) is 11.0. The lowest BCUT2D eigenvalue weighted by atomic mass is 10.2. The van der Waals surface area contributed by atoms with Gasteiger partial charge in [-0.25, -0.2) is 4.68 Å². The molecule has 18 heavy (non-hydrogen) atoms. The van der Waals surface area contributed by atoms with E-state index in [1.807, 2.05) is 4.68 Å². The van der Waals surface area contributed by atoms with Gasteiger partial charge in [-0.15, -0.1) is 5.10 Å². The number of aromatic nitrogens is 4. The van der Waals surface area contributed by atoms with Crippen LogP contribution < -0.4 is 0 Å². The van der Waals surface area contributed by atoms with Gasteiger partial charge in [0.05, 0.1) is 25.9 Å². The molecule has 1 N–H and O–H groups in total. The summed E-state index contributed by atoms with van der Waals surface area (Å²) in [7, 11) is 0. The number of hydrogen-bond donors (Lipinski definition) is 1. The number of aryl methyl sites for hydroxylation is 1. The van der Waals surface area contributed by atoms with Crippen LogP contribution in [0, 0.1) is 0 Å². The Morgan fingerprint density at radius 2 is 2.33 bits per heavy atom. The lowest BCUT2D eigenvalue weighted by Gasteiger charge is -2.36. The SMILES string of the molecule is CCCn1nnnc1CN1CC(CO)OCC1C. The quantitative estimate of drug-likeness (QED) is 0.776.